The van der Waals surface area contributed by atoms with E-state index < -0.39 is 12.1 Å². The van der Waals surface area contributed by atoms with E-state index in [0.717, 1.165) is 51.4 Å². The Balaban J connectivity index is 3.40. The van der Waals surface area contributed by atoms with Crippen LogP contribution in [0, 0.1) is 0 Å². The third-order valence-electron chi connectivity index (χ3n) is 16.7. The normalized spacial score (nSPS) is 12.7. The van der Waals surface area contributed by atoms with Crippen LogP contribution in [0.3, 0.4) is 0 Å². The molecule has 0 aliphatic heterocycles. The van der Waals surface area contributed by atoms with Crippen molar-refractivity contribution >= 4 is 11.9 Å². The van der Waals surface area contributed by atoms with Crippen molar-refractivity contribution in [2.75, 3.05) is 13.2 Å². The van der Waals surface area contributed by atoms with Gasteiger partial charge in [0.25, 0.3) is 0 Å². The molecule has 0 bridgehead atoms. The molecule has 0 aromatic rings. The highest BCUT2D eigenvalue weighted by molar-refractivity contribution is 5.76. The molecule has 2 atom stereocenters. The Morgan fingerprint density at radius 3 is 1.00 bits per heavy atom. The van der Waals surface area contributed by atoms with Crippen LogP contribution in [0.4, 0.5) is 0 Å². The van der Waals surface area contributed by atoms with Crippen LogP contribution in [0.2, 0.25) is 0 Å². The van der Waals surface area contributed by atoms with Crippen molar-refractivity contribution in [1.29, 1.82) is 0 Å². The maximum atomic E-state index is 12.5. The van der Waals surface area contributed by atoms with Crippen LogP contribution in [-0.4, -0.2) is 47.4 Å². The molecule has 79 heavy (non-hydrogen) atoms. The van der Waals surface area contributed by atoms with E-state index in [4.69, 9.17) is 4.74 Å². The maximum absolute atomic E-state index is 12.5. The fraction of sp³-hybridized carbons (Fsp3) is 0.890. The van der Waals surface area contributed by atoms with E-state index >= 15 is 0 Å². The zero-order chi connectivity index (χ0) is 57.1. The highest BCUT2D eigenvalue weighted by Gasteiger charge is 2.20. The second kappa shape index (κ2) is 68.6. The Hall–Kier alpha value is -1.92. The summed E-state index contributed by atoms with van der Waals surface area (Å²) in [4.78, 5) is 24.7. The molecule has 466 valence electrons. The zero-order valence-corrected chi connectivity index (χ0v) is 53.4. The Morgan fingerprint density at radius 2 is 0.633 bits per heavy atom. The number of carbonyl (C=O) groups is 2. The minimum Gasteiger partial charge on any atom is -0.466 e. The molecule has 0 fully saturated rings. The van der Waals surface area contributed by atoms with E-state index in [-0.39, 0.29) is 18.5 Å². The summed E-state index contributed by atoms with van der Waals surface area (Å²) in [7, 11) is 0. The Kier molecular flexibility index (Phi) is 66.9. The van der Waals surface area contributed by atoms with Crippen molar-refractivity contribution in [3.63, 3.8) is 0 Å². The summed E-state index contributed by atoms with van der Waals surface area (Å²) < 4.78 is 5.50. The van der Waals surface area contributed by atoms with Crippen molar-refractivity contribution in [2.24, 2.45) is 0 Å². The van der Waals surface area contributed by atoms with Crippen LogP contribution >= 0.6 is 0 Å². The molecular formula is C73H139NO5. The number of nitrogens with one attached hydrogen (secondary N) is 1. The number of amides is 1. The number of rotatable bonds is 67. The quantitative estimate of drug-likeness (QED) is 0.0320. The second-order valence-corrected chi connectivity index (χ2v) is 24.6. The third kappa shape index (κ3) is 65.1. The molecule has 2 unspecified atom stereocenters. The molecule has 0 aromatic carbocycles. The molecular weight excluding hydrogens is 971 g/mol. The molecule has 0 aliphatic carbocycles. The maximum Gasteiger partial charge on any atom is 0.305 e. The summed E-state index contributed by atoms with van der Waals surface area (Å²) in [5.41, 5.74) is 0. The number of aliphatic hydroxyl groups excluding tert-OH is 2. The van der Waals surface area contributed by atoms with Crippen molar-refractivity contribution < 1.29 is 24.5 Å². The zero-order valence-electron chi connectivity index (χ0n) is 53.4. The van der Waals surface area contributed by atoms with Crippen LogP contribution in [0.1, 0.15) is 393 Å². The van der Waals surface area contributed by atoms with Crippen molar-refractivity contribution in [3.05, 3.63) is 36.5 Å². The van der Waals surface area contributed by atoms with Crippen LogP contribution in [0.15, 0.2) is 36.5 Å². The fourth-order valence-corrected chi connectivity index (χ4v) is 11.2. The van der Waals surface area contributed by atoms with Gasteiger partial charge in [0.15, 0.2) is 0 Å². The second-order valence-electron chi connectivity index (χ2n) is 24.6. The summed E-state index contributed by atoms with van der Waals surface area (Å²) in [6, 6.07) is -0.547. The van der Waals surface area contributed by atoms with E-state index in [2.05, 4.69) is 55.6 Å². The number of unbranched alkanes of at least 4 members (excludes halogenated alkanes) is 50. The summed E-state index contributed by atoms with van der Waals surface area (Å²) in [5, 5.41) is 23.4. The molecule has 0 saturated carbocycles. The largest absolute Gasteiger partial charge is 0.466 e. The summed E-state index contributed by atoms with van der Waals surface area (Å²) in [6.45, 7) is 4.96. The fourth-order valence-electron chi connectivity index (χ4n) is 11.2. The van der Waals surface area contributed by atoms with E-state index in [1.807, 2.05) is 0 Å². The molecule has 0 heterocycles. The Labute approximate surface area is 494 Å². The molecule has 0 aliphatic rings. The van der Waals surface area contributed by atoms with Gasteiger partial charge in [0.2, 0.25) is 5.91 Å². The monoisotopic (exact) mass is 1110 g/mol. The van der Waals surface area contributed by atoms with Crippen LogP contribution in [-0.2, 0) is 14.3 Å². The van der Waals surface area contributed by atoms with Gasteiger partial charge in [-0.05, 0) is 83.5 Å². The van der Waals surface area contributed by atoms with Crippen molar-refractivity contribution in [2.45, 2.75) is 405 Å². The van der Waals surface area contributed by atoms with Gasteiger partial charge < -0.3 is 20.3 Å². The highest BCUT2D eigenvalue weighted by Crippen LogP contribution is 2.19. The molecule has 0 saturated heterocycles. The Morgan fingerprint density at radius 1 is 0.354 bits per heavy atom. The molecule has 0 aromatic heterocycles. The molecule has 0 rings (SSSR count). The average Bonchev–Trinajstić information content (AvgIpc) is 3.45. The predicted octanol–water partition coefficient (Wildman–Crippen LogP) is 23.1. The SMILES string of the molecule is CCCCC/C=C\C/C=C\CCCCCCCCCCCC(=O)OCCCCCCCCCCCCCC/C=C\CCCCCCCCCC(=O)NC(CO)C(O)CCCCCCCCCCCCCCCCCCCCCC. The smallest absolute Gasteiger partial charge is 0.305 e. The molecule has 3 N–H and O–H groups in total. The van der Waals surface area contributed by atoms with Gasteiger partial charge in [-0.3, -0.25) is 9.59 Å². The van der Waals surface area contributed by atoms with E-state index in [1.165, 1.54) is 308 Å². The minimum atomic E-state index is -0.670. The summed E-state index contributed by atoms with van der Waals surface area (Å²) in [5.74, 6) is -0.0292. The number of allylic oxidation sites excluding steroid dienone is 6. The van der Waals surface area contributed by atoms with Crippen LogP contribution < -0.4 is 5.32 Å². The van der Waals surface area contributed by atoms with Gasteiger partial charge in [-0.15, -0.1) is 0 Å². The molecule has 6 nitrogen and oxygen atoms in total. The van der Waals surface area contributed by atoms with E-state index in [0.29, 0.717) is 25.9 Å². The standard InChI is InChI=1S/C73H139NO5/c1-3-5-7-9-11-13-15-17-19-21-23-30-33-37-41-45-49-53-57-61-65-71(76)70(69-75)74-72(77)66-62-58-54-50-46-42-38-34-31-27-25-24-26-28-32-36-40-44-48-52-56-60-64-68-79-73(78)67-63-59-55-51-47-43-39-35-29-22-20-18-16-14-12-10-8-6-4-2/h12,14,18,20,27,31,70-71,75-76H,3-11,13,15-17,19,21-26,28-30,32-69H2,1-2H3,(H,74,77)/b14-12-,20-18-,31-27-. The Bertz CT molecular complexity index is 1280. The van der Waals surface area contributed by atoms with Gasteiger partial charge in [-0.25, -0.2) is 0 Å². The summed E-state index contributed by atoms with van der Waals surface area (Å²) in [6.07, 6.45) is 87.6. The van der Waals surface area contributed by atoms with Crippen LogP contribution in [0.5, 0.6) is 0 Å². The predicted molar refractivity (Wildman–Crippen MR) is 347 cm³/mol. The lowest BCUT2D eigenvalue weighted by atomic mass is 10.0. The van der Waals surface area contributed by atoms with Crippen LogP contribution in [0.25, 0.3) is 0 Å². The van der Waals surface area contributed by atoms with Gasteiger partial charge in [0.1, 0.15) is 0 Å². The number of esters is 1. The molecule has 6 heteroatoms. The highest BCUT2D eigenvalue weighted by atomic mass is 16.5. The van der Waals surface area contributed by atoms with Gasteiger partial charge in [0, 0.05) is 12.8 Å². The number of aliphatic hydroxyl groups is 2. The first-order chi connectivity index (χ1) is 39.0. The average molecular weight is 1110 g/mol. The number of hydrogen-bond acceptors (Lipinski definition) is 5. The lowest BCUT2D eigenvalue weighted by molar-refractivity contribution is -0.143. The lowest BCUT2D eigenvalue weighted by Crippen LogP contribution is -2.45. The topological polar surface area (TPSA) is 95.9 Å². The number of carbonyl (C=O) groups excluding carboxylic acids is 2. The van der Waals surface area contributed by atoms with E-state index in [9.17, 15) is 19.8 Å². The number of hydrogen-bond donors (Lipinski definition) is 3. The van der Waals surface area contributed by atoms with Gasteiger partial charge >= 0.3 is 5.97 Å². The minimum absolute atomic E-state index is 0.00844. The van der Waals surface area contributed by atoms with Gasteiger partial charge in [-0.2, -0.15) is 0 Å². The first kappa shape index (κ1) is 77.1. The third-order valence-corrected chi connectivity index (χ3v) is 16.7. The molecule has 0 spiro atoms. The van der Waals surface area contributed by atoms with Gasteiger partial charge in [0.05, 0.1) is 25.4 Å². The first-order valence-corrected chi connectivity index (χ1v) is 35.7. The molecule has 1 amide bonds. The number of ether oxygens (including phenoxy) is 1. The lowest BCUT2D eigenvalue weighted by Gasteiger charge is -2.22. The summed E-state index contributed by atoms with van der Waals surface area (Å²) >= 11 is 0. The van der Waals surface area contributed by atoms with Crippen molar-refractivity contribution in [1.82, 2.24) is 5.32 Å². The van der Waals surface area contributed by atoms with Crippen molar-refractivity contribution in [3.8, 4) is 0 Å². The van der Waals surface area contributed by atoms with E-state index in [1.54, 1.807) is 0 Å². The molecule has 0 radical (unpaired) electrons. The first-order valence-electron chi connectivity index (χ1n) is 35.7. The van der Waals surface area contributed by atoms with Gasteiger partial charge in [-0.1, -0.05) is 333 Å².